The molecule has 0 saturated carbocycles. The second-order valence-corrected chi connectivity index (χ2v) is 4.60. The van der Waals surface area contributed by atoms with E-state index in [1.807, 2.05) is 0 Å². The number of nitrogen functional groups attached to an aromatic ring is 1. The molecule has 0 unspecified atom stereocenters. The minimum absolute atomic E-state index is 0.184. The zero-order chi connectivity index (χ0) is 15.0. The maximum atomic E-state index is 12.7. The molecule has 2 N–H and O–H groups in total. The van der Waals surface area contributed by atoms with Gasteiger partial charge in [0.15, 0.2) is 5.65 Å². The van der Waals surface area contributed by atoms with Crippen LogP contribution in [0.2, 0.25) is 0 Å². The number of imidazole rings is 1. The average Bonchev–Trinajstić information content (AvgIpc) is 2.75. The van der Waals surface area contributed by atoms with E-state index in [1.54, 1.807) is 29.0 Å². The molecule has 0 radical (unpaired) electrons. The summed E-state index contributed by atoms with van der Waals surface area (Å²) in [6, 6.07) is 8.61. The van der Waals surface area contributed by atoms with Gasteiger partial charge in [-0.2, -0.15) is 13.2 Å². The first-order chi connectivity index (χ1) is 9.95. The molecule has 21 heavy (non-hydrogen) atoms. The molecule has 0 aliphatic heterocycles. The number of hydrogen-bond donors (Lipinski definition) is 1. The largest absolute Gasteiger partial charge is 0.416 e. The maximum Gasteiger partial charge on any atom is 0.416 e. The number of benzene rings is 1. The van der Waals surface area contributed by atoms with E-state index in [0.717, 1.165) is 12.1 Å². The zero-order valence-electron chi connectivity index (χ0n) is 10.8. The van der Waals surface area contributed by atoms with Crippen LogP contribution < -0.4 is 5.73 Å². The Kier molecular flexibility index (Phi) is 3.04. The van der Waals surface area contributed by atoms with Crippen molar-refractivity contribution in [2.24, 2.45) is 0 Å². The number of nitrogens with zero attached hydrogens (tertiary/aromatic N) is 3. The Hall–Kier alpha value is -2.57. The molecular formula is C14H11F3N4. The van der Waals surface area contributed by atoms with Crippen molar-refractivity contribution in [2.45, 2.75) is 12.7 Å². The Balaban J connectivity index is 2.01. The van der Waals surface area contributed by atoms with Crippen LogP contribution in [0.5, 0.6) is 0 Å². The summed E-state index contributed by atoms with van der Waals surface area (Å²) in [5.41, 5.74) is 6.78. The van der Waals surface area contributed by atoms with Crippen molar-refractivity contribution in [1.29, 1.82) is 0 Å². The summed E-state index contributed by atoms with van der Waals surface area (Å²) in [5, 5.41) is 0. The fourth-order valence-electron chi connectivity index (χ4n) is 2.16. The lowest BCUT2D eigenvalue weighted by Gasteiger charge is -2.10. The van der Waals surface area contributed by atoms with Gasteiger partial charge in [-0.15, -0.1) is 0 Å². The fourth-order valence-corrected chi connectivity index (χ4v) is 2.16. The number of anilines is 1. The summed E-state index contributed by atoms with van der Waals surface area (Å²) in [5.74, 6) is 0.223. The van der Waals surface area contributed by atoms with E-state index < -0.39 is 11.7 Å². The van der Waals surface area contributed by atoms with E-state index in [2.05, 4.69) is 9.97 Å². The molecule has 3 aromatic rings. The van der Waals surface area contributed by atoms with Gasteiger partial charge in [-0.25, -0.2) is 9.97 Å². The van der Waals surface area contributed by atoms with Gasteiger partial charge in [0.1, 0.15) is 5.52 Å². The Morgan fingerprint density at radius 2 is 1.95 bits per heavy atom. The maximum absolute atomic E-state index is 12.7. The summed E-state index contributed by atoms with van der Waals surface area (Å²) in [7, 11) is 0. The Morgan fingerprint density at radius 1 is 1.14 bits per heavy atom. The summed E-state index contributed by atoms with van der Waals surface area (Å²) >= 11 is 0. The molecule has 0 aliphatic rings. The van der Waals surface area contributed by atoms with Gasteiger partial charge < -0.3 is 5.73 Å². The van der Waals surface area contributed by atoms with Gasteiger partial charge in [0.05, 0.1) is 12.1 Å². The second kappa shape index (κ2) is 4.76. The third-order valence-corrected chi connectivity index (χ3v) is 3.13. The van der Waals surface area contributed by atoms with Crippen LogP contribution in [-0.4, -0.2) is 14.5 Å². The monoisotopic (exact) mass is 292 g/mol. The Labute approximate surface area is 118 Å². The third kappa shape index (κ3) is 2.54. The van der Waals surface area contributed by atoms with Gasteiger partial charge >= 0.3 is 6.18 Å². The number of aromatic nitrogens is 3. The van der Waals surface area contributed by atoms with E-state index in [-0.39, 0.29) is 12.5 Å². The first kappa shape index (κ1) is 13.4. The number of hydrogen-bond acceptors (Lipinski definition) is 3. The molecule has 0 amide bonds. The van der Waals surface area contributed by atoms with Crippen molar-refractivity contribution in [3.63, 3.8) is 0 Å². The number of alkyl halides is 3. The number of fused-ring (bicyclic) bond motifs is 1. The highest BCUT2D eigenvalue weighted by Crippen LogP contribution is 2.30. The molecule has 108 valence electrons. The summed E-state index contributed by atoms with van der Waals surface area (Å²) in [6.45, 7) is 0.184. The number of rotatable bonds is 2. The minimum atomic E-state index is -4.36. The van der Waals surface area contributed by atoms with E-state index in [9.17, 15) is 13.2 Å². The van der Waals surface area contributed by atoms with Crippen molar-refractivity contribution < 1.29 is 13.2 Å². The van der Waals surface area contributed by atoms with E-state index >= 15 is 0 Å². The van der Waals surface area contributed by atoms with Gasteiger partial charge in [0.25, 0.3) is 0 Å². The lowest BCUT2D eigenvalue weighted by atomic mass is 10.1. The number of nitrogens with two attached hydrogens (primary N) is 1. The standard InChI is InChI=1S/C14H11F3N4/c15-14(16,17)10-4-1-3-9(7-10)8-21-12-11(20-13(21)18)5-2-6-19-12/h1-7H,8H2,(H2,18,20). The molecule has 4 nitrogen and oxygen atoms in total. The number of pyridine rings is 1. The molecule has 0 bridgehead atoms. The highest BCUT2D eigenvalue weighted by molar-refractivity contribution is 5.73. The van der Waals surface area contributed by atoms with Gasteiger partial charge in [-0.05, 0) is 29.8 Å². The third-order valence-electron chi connectivity index (χ3n) is 3.13. The van der Waals surface area contributed by atoms with Crippen molar-refractivity contribution in [1.82, 2.24) is 14.5 Å². The molecule has 0 saturated heterocycles. The molecule has 0 aliphatic carbocycles. The Bertz CT molecular complexity index is 792. The number of halogens is 3. The van der Waals surface area contributed by atoms with Crippen LogP contribution in [0.25, 0.3) is 11.2 Å². The predicted octanol–water partition coefficient (Wildman–Crippen LogP) is 3.08. The van der Waals surface area contributed by atoms with Crippen molar-refractivity contribution in [3.8, 4) is 0 Å². The molecule has 0 atom stereocenters. The smallest absolute Gasteiger partial charge is 0.369 e. The molecule has 7 heteroatoms. The topological polar surface area (TPSA) is 56.7 Å². The van der Waals surface area contributed by atoms with Crippen LogP contribution in [-0.2, 0) is 12.7 Å². The van der Waals surface area contributed by atoms with Crippen LogP contribution in [0, 0.1) is 0 Å². The quantitative estimate of drug-likeness (QED) is 0.789. The first-order valence-corrected chi connectivity index (χ1v) is 6.18. The van der Waals surface area contributed by atoms with E-state index in [4.69, 9.17) is 5.73 Å². The lowest BCUT2D eigenvalue weighted by molar-refractivity contribution is -0.137. The van der Waals surface area contributed by atoms with Crippen LogP contribution in [0.4, 0.5) is 19.1 Å². The van der Waals surface area contributed by atoms with E-state index in [1.165, 1.54) is 6.07 Å². The van der Waals surface area contributed by atoms with Gasteiger partial charge in [-0.1, -0.05) is 12.1 Å². The van der Waals surface area contributed by atoms with Crippen molar-refractivity contribution in [2.75, 3.05) is 5.73 Å². The van der Waals surface area contributed by atoms with Gasteiger partial charge in [-0.3, -0.25) is 4.57 Å². The average molecular weight is 292 g/mol. The van der Waals surface area contributed by atoms with E-state index in [0.29, 0.717) is 16.7 Å². The highest BCUT2D eigenvalue weighted by Gasteiger charge is 2.30. The van der Waals surface area contributed by atoms with Crippen LogP contribution in [0.1, 0.15) is 11.1 Å². The van der Waals surface area contributed by atoms with Crippen molar-refractivity contribution in [3.05, 3.63) is 53.7 Å². The Morgan fingerprint density at radius 3 is 2.71 bits per heavy atom. The summed E-state index contributed by atoms with van der Waals surface area (Å²) in [6.07, 6.45) is -2.77. The normalized spacial score (nSPS) is 12.0. The molecule has 1 aromatic carbocycles. The predicted molar refractivity (Wildman–Crippen MR) is 72.5 cm³/mol. The molecule has 0 spiro atoms. The molecular weight excluding hydrogens is 281 g/mol. The lowest BCUT2D eigenvalue weighted by Crippen LogP contribution is -2.08. The van der Waals surface area contributed by atoms with Crippen LogP contribution >= 0.6 is 0 Å². The highest BCUT2D eigenvalue weighted by atomic mass is 19.4. The van der Waals surface area contributed by atoms with Gasteiger partial charge in [0, 0.05) is 6.20 Å². The summed E-state index contributed by atoms with van der Waals surface area (Å²) < 4.78 is 39.8. The SMILES string of the molecule is Nc1nc2cccnc2n1Cc1cccc(C(F)(F)F)c1. The van der Waals surface area contributed by atoms with Gasteiger partial charge in [0.2, 0.25) is 5.95 Å². The first-order valence-electron chi connectivity index (χ1n) is 6.18. The van der Waals surface area contributed by atoms with Crippen LogP contribution in [0.3, 0.4) is 0 Å². The van der Waals surface area contributed by atoms with Crippen molar-refractivity contribution >= 4 is 17.1 Å². The molecule has 2 aromatic heterocycles. The fraction of sp³-hybridized carbons (Fsp3) is 0.143. The molecule has 0 fully saturated rings. The summed E-state index contributed by atoms with van der Waals surface area (Å²) in [4.78, 5) is 8.30. The zero-order valence-corrected chi connectivity index (χ0v) is 10.8. The molecule has 3 rings (SSSR count). The minimum Gasteiger partial charge on any atom is -0.369 e. The second-order valence-electron chi connectivity index (χ2n) is 4.60. The molecule has 2 heterocycles. The van der Waals surface area contributed by atoms with Crippen LogP contribution in [0.15, 0.2) is 42.6 Å².